The lowest BCUT2D eigenvalue weighted by atomic mass is 9.67. The maximum Gasteiger partial charge on any atom is 0.164 e. The van der Waals surface area contributed by atoms with Crippen LogP contribution in [0.4, 0.5) is 0 Å². The summed E-state index contributed by atoms with van der Waals surface area (Å²) in [5.74, 6) is 3.81. The zero-order valence-corrected chi connectivity index (χ0v) is 72.2. The molecule has 2 aliphatic rings. The molecule has 4 aromatic heterocycles. The zero-order valence-electron chi connectivity index (χ0n) is 70.5. The van der Waals surface area contributed by atoms with Gasteiger partial charge in [0.15, 0.2) is 34.9 Å². The van der Waals surface area contributed by atoms with Gasteiger partial charge in [0, 0.05) is 73.7 Å². The number of nitrogens with zero attached hydrogens (tertiary/aromatic N) is 6. The van der Waals surface area contributed by atoms with E-state index in [1.54, 1.807) is 0 Å². The van der Waals surface area contributed by atoms with Crippen LogP contribution in [0.15, 0.2) is 473 Å². The quantitative estimate of drug-likeness (QED) is 0.102. The summed E-state index contributed by atoms with van der Waals surface area (Å²) >= 11 is 3.69. The molecule has 2 aliphatic carbocycles. The van der Waals surface area contributed by atoms with Gasteiger partial charge in [0.1, 0.15) is 0 Å². The van der Waals surface area contributed by atoms with Crippen molar-refractivity contribution in [2.75, 3.05) is 0 Å². The summed E-state index contributed by atoms with van der Waals surface area (Å²) in [6.45, 7) is 0. The average molecular weight is 1690 g/mol. The Morgan fingerprint density at radius 3 is 0.831 bits per heavy atom. The van der Waals surface area contributed by atoms with Gasteiger partial charge in [0.05, 0.1) is 10.8 Å². The predicted octanol–water partition coefficient (Wildman–Crippen LogP) is 31.5. The van der Waals surface area contributed by atoms with E-state index in [-0.39, 0.29) is 0 Å². The molecule has 8 heteroatoms. The first kappa shape index (κ1) is 77.2. The second-order valence-corrected chi connectivity index (χ2v) is 35.5. The molecule has 0 atom stereocenters. The highest BCUT2D eigenvalue weighted by molar-refractivity contribution is 7.26. The van der Waals surface area contributed by atoms with Gasteiger partial charge in [-0.25, -0.2) is 29.9 Å². The number of thiophene rings is 2. The van der Waals surface area contributed by atoms with Crippen LogP contribution in [-0.2, 0) is 10.8 Å². The van der Waals surface area contributed by atoms with E-state index in [1.807, 2.05) is 53.0 Å². The summed E-state index contributed by atoms with van der Waals surface area (Å²) in [7, 11) is 0. The molecule has 0 saturated carbocycles. The first-order valence-electron chi connectivity index (χ1n) is 44.1. The standard InChI is InChI=1S/C64H41N3S.C58H37N3S/c1-4-17-42(18-5-1)44-31-35-46(36-32-44)61-65-62(47-37-33-45(34-38-47)43-19-6-2-7-20-43)67-63(66-61)54-26-11-10-23-50(54)53-27-16-30-58-60(53)55-40-39-49(41-59(55)68-58)64(48-21-8-3-9-22-48)56-28-14-12-24-51(56)52-25-13-15-29-57(52)64;1-4-17-38(18-5-1)40-21-14-22-41(35-40)42-23-15-24-43(36-42)56-59-55(39-19-6-2-7-20-39)60-57(61-56)49-29-16-32-52-54(49)48-34-33-45(37-53(48)62-52)58(44-25-8-3-9-26-44)50-30-12-10-27-46(50)47-28-11-13-31-51(47)58/h1-41H;1-37H. The molecule has 0 aliphatic heterocycles. The number of rotatable bonds is 15. The van der Waals surface area contributed by atoms with Crippen molar-refractivity contribution in [1.82, 2.24) is 29.9 Å². The maximum absolute atomic E-state index is 5.30. The predicted molar refractivity (Wildman–Crippen MR) is 540 cm³/mol. The van der Waals surface area contributed by atoms with Crippen molar-refractivity contribution >= 4 is 63.0 Å². The van der Waals surface area contributed by atoms with Crippen LogP contribution in [0.1, 0.15) is 44.5 Å². The van der Waals surface area contributed by atoms with E-state index in [4.69, 9.17) is 29.9 Å². The van der Waals surface area contributed by atoms with Crippen LogP contribution in [0.2, 0.25) is 0 Å². The lowest BCUT2D eigenvalue weighted by molar-refractivity contribution is 0.770. The topological polar surface area (TPSA) is 77.3 Å². The molecular weight excluding hydrogens is 1610 g/mol. The Labute approximate surface area is 762 Å². The second-order valence-electron chi connectivity index (χ2n) is 33.3. The van der Waals surface area contributed by atoms with Gasteiger partial charge in [-0.15, -0.1) is 22.7 Å². The molecule has 0 N–H and O–H groups in total. The fourth-order valence-electron chi connectivity index (χ4n) is 20.2. The zero-order chi connectivity index (χ0) is 86.1. The number of hydrogen-bond acceptors (Lipinski definition) is 8. The van der Waals surface area contributed by atoms with Crippen molar-refractivity contribution in [3.8, 4) is 146 Å². The highest BCUT2D eigenvalue weighted by atomic mass is 32.1. The molecule has 25 rings (SSSR count). The molecular formula is C122H78N6S2. The summed E-state index contributed by atoms with van der Waals surface area (Å²) in [5.41, 5.74) is 31.7. The second kappa shape index (κ2) is 32.6. The van der Waals surface area contributed by atoms with Gasteiger partial charge in [0.2, 0.25) is 0 Å². The number of aromatic nitrogens is 6. The molecule has 23 aromatic rings. The summed E-state index contributed by atoms with van der Waals surface area (Å²) in [5, 5.41) is 4.81. The Morgan fingerprint density at radius 2 is 0.408 bits per heavy atom. The molecule has 0 amide bonds. The fourth-order valence-corrected chi connectivity index (χ4v) is 22.5. The minimum atomic E-state index is -0.466. The molecule has 0 fully saturated rings. The normalized spacial score (nSPS) is 12.6. The van der Waals surface area contributed by atoms with E-state index < -0.39 is 10.8 Å². The van der Waals surface area contributed by atoms with Crippen molar-refractivity contribution in [2.24, 2.45) is 0 Å². The Morgan fingerprint density at radius 1 is 0.146 bits per heavy atom. The van der Waals surface area contributed by atoms with E-state index in [9.17, 15) is 0 Å². The summed E-state index contributed by atoms with van der Waals surface area (Å²) in [6, 6.07) is 170. The molecule has 0 bridgehead atoms. The Balaban J connectivity index is 0.000000145. The van der Waals surface area contributed by atoms with Gasteiger partial charge in [0.25, 0.3) is 0 Å². The van der Waals surface area contributed by atoms with Crippen molar-refractivity contribution in [2.45, 2.75) is 10.8 Å². The highest BCUT2D eigenvalue weighted by Gasteiger charge is 2.48. The van der Waals surface area contributed by atoms with E-state index in [2.05, 4.69) is 443 Å². The Hall–Kier alpha value is -16.4. The van der Waals surface area contributed by atoms with Gasteiger partial charge in [-0.05, 0) is 159 Å². The number of benzene rings is 19. The van der Waals surface area contributed by atoms with E-state index in [1.165, 1.54) is 124 Å². The van der Waals surface area contributed by atoms with Gasteiger partial charge >= 0.3 is 0 Å². The van der Waals surface area contributed by atoms with Gasteiger partial charge in [-0.3, -0.25) is 0 Å². The number of hydrogen-bond donors (Lipinski definition) is 0. The van der Waals surface area contributed by atoms with Crippen LogP contribution in [0, 0.1) is 0 Å². The molecule has 0 spiro atoms. The van der Waals surface area contributed by atoms with E-state index in [0.29, 0.717) is 34.9 Å². The monoisotopic (exact) mass is 1690 g/mol. The molecule has 19 aromatic carbocycles. The molecule has 4 heterocycles. The molecule has 0 saturated heterocycles. The van der Waals surface area contributed by atoms with Crippen LogP contribution in [0.3, 0.4) is 0 Å². The number of fused-ring (bicyclic) bond motifs is 12. The minimum absolute atomic E-state index is 0.466. The van der Waals surface area contributed by atoms with Crippen LogP contribution >= 0.6 is 22.7 Å². The lowest BCUT2D eigenvalue weighted by Crippen LogP contribution is -2.28. The van der Waals surface area contributed by atoms with Crippen LogP contribution in [0.25, 0.3) is 187 Å². The van der Waals surface area contributed by atoms with E-state index >= 15 is 0 Å². The first-order valence-corrected chi connectivity index (χ1v) is 45.7. The molecule has 608 valence electrons. The molecule has 6 nitrogen and oxygen atoms in total. The van der Waals surface area contributed by atoms with Crippen molar-refractivity contribution in [3.63, 3.8) is 0 Å². The third-order valence-corrected chi connectivity index (χ3v) is 28.3. The third-order valence-electron chi connectivity index (χ3n) is 26.1. The van der Waals surface area contributed by atoms with Crippen LogP contribution in [0.5, 0.6) is 0 Å². The highest BCUT2D eigenvalue weighted by Crippen LogP contribution is 2.59. The summed E-state index contributed by atoms with van der Waals surface area (Å²) in [4.78, 5) is 31.4. The largest absolute Gasteiger partial charge is 0.208 e. The first-order chi connectivity index (χ1) is 64.4. The Bertz CT molecular complexity index is 8070. The summed E-state index contributed by atoms with van der Waals surface area (Å²) in [6.07, 6.45) is 0. The fraction of sp³-hybridized carbons (Fsp3) is 0.0164. The van der Waals surface area contributed by atoms with Crippen molar-refractivity contribution in [3.05, 3.63) is 518 Å². The molecule has 0 unspecified atom stereocenters. The molecule has 130 heavy (non-hydrogen) atoms. The average Bonchev–Trinajstić information content (AvgIpc) is 1.54. The van der Waals surface area contributed by atoms with Crippen LogP contribution < -0.4 is 0 Å². The third kappa shape index (κ3) is 13.3. The van der Waals surface area contributed by atoms with Crippen LogP contribution in [-0.4, -0.2) is 29.9 Å². The van der Waals surface area contributed by atoms with Crippen molar-refractivity contribution < 1.29 is 0 Å². The minimum Gasteiger partial charge on any atom is -0.208 e. The molecule has 0 radical (unpaired) electrons. The lowest BCUT2D eigenvalue weighted by Gasteiger charge is -2.33. The SMILES string of the molecule is c1ccc(-c2ccc(-c3nc(-c4ccc(-c5ccccc5)cc4)nc(-c4ccccc4-c4cccc5sc6cc(C7(c8ccccc8)c8ccccc8-c8ccccc87)ccc6c45)n3)cc2)cc1.c1ccc(-c2cccc(-c3cccc(-c4nc(-c5ccccc5)nc(-c5cccc6sc7cc(C8(c9ccccc9)c9ccccc9-c9ccccc98)ccc7c56)n4)c3)c2)cc1. The smallest absolute Gasteiger partial charge is 0.164 e. The van der Waals surface area contributed by atoms with E-state index in [0.717, 1.165) is 72.1 Å². The Kier molecular flexibility index (Phi) is 19.3. The maximum atomic E-state index is 5.30. The summed E-state index contributed by atoms with van der Waals surface area (Å²) < 4.78 is 4.91. The van der Waals surface area contributed by atoms with Crippen molar-refractivity contribution in [1.29, 1.82) is 0 Å². The van der Waals surface area contributed by atoms with Gasteiger partial charge in [-0.2, -0.15) is 0 Å². The van der Waals surface area contributed by atoms with Gasteiger partial charge in [-0.1, -0.05) is 437 Å². The van der Waals surface area contributed by atoms with Gasteiger partial charge < -0.3 is 0 Å².